The Morgan fingerprint density at radius 1 is 1.23 bits per heavy atom. The summed E-state index contributed by atoms with van der Waals surface area (Å²) >= 11 is 0. The van der Waals surface area contributed by atoms with E-state index >= 15 is 0 Å². The van der Waals surface area contributed by atoms with Crippen molar-refractivity contribution in [1.82, 2.24) is 24.7 Å². The number of hydrogen-bond donors (Lipinski definition) is 0. The van der Waals surface area contributed by atoms with Crippen LogP contribution in [-0.4, -0.2) is 70.6 Å². The quantitative estimate of drug-likeness (QED) is 0.833. The van der Waals surface area contributed by atoms with Gasteiger partial charge in [0.05, 0.1) is 6.61 Å². The van der Waals surface area contributed by atoms with Crippen molar-refractivity contribution >= 4 is 11.5 Å². The lowest BCUT2D eigenvalue weighted by Gasteiger charge is -2.45. The molecule has 0 amide bonds. The third kappa shape index (κ3) is 3.42. The predicted octanol–water partition coefficient (Wildman–Crippen LogP) is 1.97. The van der Waals surface area contributed by atoms with Crippen molar-refractivity contribution in [1.29, 1.82) is 0 Å². The first-order valence-electron chi connectivity index (χ1n) is 9.68. The fraction of sp³-hybridized carbons (Fsp3) is 0.737. The summed E-state index contributed by atoms with van der Waals surface area (Å²) in [4.78, 5) is 4.83. The number of likely N-dealkylation sites (N-methyl/N-ethyl adjacent to an activating group) is 1. The van der Waals surface area contributed by atoms with Crippen molar-refractivity contribution in [2.75, 3.05) is 44.8 Å². The summed E-state index contributed by atoms with van der Waals surface area (Å²) in [5, 5.41) is 13.4. The van der Waals surface area contributed by atoms with E-state index in [2.05, 4.69) is 53.9 Å². The lowest BCUT2D eigenvalue weighted by atomic mass is 9.96. The van der Waals surface area contributed by atoms with Gasteiger partial charge in [-0.25, -0.2) is 0 Å². The molecule has 7 heteroatoms. The second kappa shape index (κ2) is 6.78. The highest BCUT2D eigenvalue weighted by Crippen LogP contribution is 2.25. The smallest absolute Gasteiger partial charge is 0.178 e. The number of rotatable bonds is 4. The predicted molar refractivity (Wildman–Crippen MR) is 102 cm³/mol. The van der Waals surface area contributed by atoms with Gasteiger partial charge < -0.3 is 9.64 Å². The molecule has 2 saturated heterocycles. The Morgan fingerprint density at radius 2 is 2.04 bits per heavy atom. The van der Waals surface area contributed by atoms with Gasteiger partial charge in [0.1, 0.15) is 5.82 Å². The van der Waals surface area contributed by atoms with E-state index in [1.165, 1.54) is 12.8 Å². The van der Waals surface area contributed by atoms with Crippen molar-refractivity contribution in [3.8, 4) is 0 Å². The molecule has 0 aliphatic carbocycles. The topological polar surface area (TPSA) is 58.8 Å². The molecule has 0 saturated carbocycles. The summed E-state index contributed by atoms with van der Waals surface area (Å²) in [5.41, 5.74) is 0.732. The SMILES string of the molecule is CN(CC1CCCOC1)C1CN(c2ccc3nnc(C(C)(C)C)n3n2)C1. The van der Waals surface area contributed by atoms with E-state index in [0.29, 0.717) is 12.0 Å². The van der Waals surface area contributed by atoms with Crippen molar-refractivity contribution < 1.29 is 4.74 Å². The standard InChI is InChI=1S/C19H30N6O/c1-19(2,3)18-21-20-16-7-8-17(22-25(16)18)24-11-15(12-24)23(4)10-14-6-5-9-26-13-14/h7-8,14-15H,5-6,9-13H2,1-4H3. The Labute approximate surface area is 155 Å². The van der Waals surface area contributed by atoms with Crippen LogP contribution in [0.4, 0.5) is 5.82 Å². The van der Waals surface area contributed by atoms with Crippen molar-refractivity contribution in [2.45, 2.75) is 45.1 Å². The Morgan fingerprint density at radius 3 is 2.73 bits per heavy atom. The lowest BCUT2D eigenvalue weighted by molar-refractivity contribution is 0.0339. The van der Waals surface area contributed by atoms with E-state index in [1.54, 1.807) is 0 Å². The van der Waals surface area contributed by atoms with Gasteiger partial charge in [-0.15, -0.1) is 15.3 Å². The molecular weight excluding hydrogens is 328 g/mol. The van der Waals surface area contributed by atoms with E-state index in [9.17, 15) is 0 Å². The molecule has 2 fully saturated rings. The highest BCUT2D eigenvalue weighted by Gasteiger charge is 2.33. The molecule has 4 rings (SSSR count). The number of fused-ring (bicyclic) bond motifs is 1. The van der Waals surface area contributed by atoms with Gasteiger partial charge in [-0.2, -0.15) is 4.52 Å². The second-order valence-corrected chi connectivity index (χ2v) is 8.82. The Hall–Kier alpha value is -1.73. The molecule has 26 heavy (non-hydrogen) atoms. The minimum absolute atomic E-state index is 0.0786. The molecule has 2 aliphatic heterocycles. The Balaban J connectivity index is 1.40. The molecule has 4 heterocycles. The van der Waals surface area contributed by atoms with Gasteiger partial charge in [-0.05, 0) is 37.9 Å². The first-order valence-corrected chi connectivity index (χ1v) is 9.68. The molecule has 2 aromatic rings. The van der Waals surface area contributed by atoms with Crippen molar-refractivity contribution in [3.05, 3.63) is 18.0 Å². The Bertz CT molecular complexity index is 755. The van der Waals surface area contributed by atoms with Crippen LogP contribution in [0.5, 0.6) is 0 Å². The maximum atomic E-state index is 5.61. The average molecular weight is 358 g/mol. The zero-order chi connectivity index (χ0) is 18.3. The van der Waals surface area contributed by atoms with Crippen LogP contribution in [0.3, 0.4) is 0 Å². The van der Waals surface area contributed by atoms with Gasteiger partial charge in [0.2, 0.25) is 0 Å². The number of anilines is 1. The Kier molecular flexibility index (Phi) is 4.61. The van der Waals surface area contributed by atoms with E-state index in [0.717, 1.165) is 50.1 Å². The fourth-order valence-corrected chi connectivity index (χ4v) is 3.84. The summed E-state index contributed by atoms with van der Waals surface area (Å²) < 4.78 is 7.51. The van der Waals surface area contributed by atoms with E-state index in [4.69, 9.17) is 9.84 Å². The van der Waals surface area contributed by atoms with Crippen LogP contribution in [-0.2, 0) is 10.2 Å². The van der Waals surface area contributed by atoms with Gasteiger partial charge in [0.15, 0.2) is 11.5 Å². The van der Waals surface area contributed by atoms with Crippen LogP contribution in [0.25, 0.3) is 5.65 Å². The molecule has 142 valence electrons. The molecule has 7 nitrogen and oxygen atoms in total. The first kappa shape index (κ1) is 17.7. The second-order valence-electron chi connectivity index (χ2n) is 8.82. The summed E-state index contributed by atoms with van der Waals surface area (Å²) in [5.74, 6) is 2.60. The third-order valence-electron chi connectivity index (χ3n) is 5.53. The summed E-state index contributed by atoms with van der Waals surface area (Å²) in [6.07, 6.45) is 2.50. The number of aromatic nitrogens is 4. The molecule has 1 atom stereocenters. The van der Waals surface area contributed by atoms with E-state index in [-0.39, 0.29) is 5.41 Å². The minimum Gasteiger partial charge on any atom is -0.381 e. The number of hydrogen-bond acceptors (Lipinski definition) is 6. The van der Waals surface area contributed by atoms with Crippen LogP contribution in [0.1, 0.15) is 39.4 Å². The maximum absolute atomic E-state index is 5.61. The molecule has 0 N–H and O–H groups in total. The molecule has 2 aliphatic rings. The minimum atomic E-state index is -0.0786. The summed E-state index contributed by atoms with van der Waals surface area (Å²) in [6, 6.07) is 4.67. The van der Waals surface area contributed by atoms with Gasteiger partial charge in [0.25, 0.3) is 0 Å². The van der Waals surface area contributed by atoms with Gasteiger partial charge >= 0.3 is 0 Å². The molecule has 1 unspecified atom stereocenters. The highest BCUT2D eigenvalue weighted by atomic mass is 16.5. The van der Waals surface area contributed by atoms with Gasteiger partial charge in [-0.3, -0.25) is 4.90 Å². The largest absolute Gasteiger partial charge is 0.381 e. The van der Waals surface area contributed by atoms with Crippen LogP contribution in [0.2, 0.25) is 0 Å². The van der Waals surface area contributed by atoms with Crippen molar-refractivity contribution in [2.24, 2.45) is 5.92 Å². The van der Waals surface area contributed by atoms with Crippen LogP contribution in [0.15, 0.2) is 12.1 Å². The maximum Gasteiger partial charge on any atom is 0.178 e. The summed E-state index contributed by atoms with van der Waals surface area (Å²) in [7, 11) is 2.24. The molecule has 2 aromatic heterocycles. The van der Waals surface area contributed by atoms with Crippen molar-refractivity contribution in [3.63, 3.8) is 0 Å². The molecule has 0 spiro atoms. The molecule has 0 bridgehead atoms. The van der Waals surface area contributed by atoms with Crippen LogP contribution >= 0.6 is 0 Å². The van der Waals surface area contributed by atoms with E-state index < -0.39 is 0 Å². The normalized spacial score (nSPS) is 22.2. The highest BCUT2D eigenvalue weighted by molar-refractivity contribution is 5.48. The fourth-order valence-electron chi connectivity index (χ4n) is 3.84. The number of nitrogens with zero attached hydrogens (tertiary/aromatic N) is 6. The third-order valence-corrected chi connectivity index (χ3v) is 5.53. The lowest BCUT2D eigenvalue weighted by Crippen LogP contribution is -2.59. The van der Waals surface area contributed by atoms with Gasteiger partial charge in [0, 0.05) is 37.7 Å². The van der Waals surface area contributed by atoms with Gasteiger partial charge in [-0.1, -0.05) is 20.8 Å². The number of ether oxygens (including phenoxy) is 1. The molecule has 0 radical (unpaired) electrons. The van der Waals surface area contributed by atoms with E-state index in [1.807, 2.05) is 10.6 Å². The first-order chi connectivity index (χ1) is 12.4. The average Bonchev–Trinajstić information content (AvgIpc) is 2.98. The molecule has 0 aromatic carbocycles. The van der Waals surface area contributed by atoms with Crippen LogP contribution < -0.4 is 4.90 Å². The summed E-state index contributed by atoms with van der Waals surface area (Å²) in [6.45, 7) is 11.5. The monoisotopic (exact) mass is 358 g/mol. The van der Waals surface area contributed by atoms with Crippen LogP contribution in [0, 0.1) is 5.92 Å². The zero-order valence-corrected chi connectivity index (χ0v) is 16.4. The molecular formula is C19H30N6O. The zero-order valence-electron chi connectivity index (χ0n) is 16.4.